The van der Waals surface area contributed by atoms with E-state index in [9.17, 15) is 4.79 Å². The van der Waals surface area contributed by atoms with Crippen LogP contribution < -0.4 is 5.32 Å². The van der Waals surface area contributed by atoms with Crippen LogP contribution in [0.5, 0.6) is 0 Å². The Kier molecular flexibility index (Phi) is 3.74. The molecule has 1 N–H and O–H groups in total. The Morgan fingerprint density at radius 2 is 2.05 bits per heavy atom. The van der Waals surface area contributed by atoms with Crippen LogP contribution in [0, 0.1) is 6.92 Å². The summed E-state index contributed by atoms with van der Waals surface area (Å²) in [6.45, 7) is 7.28. The van der Waals surface area contributed by atoms with Gasteiger partial charge in [-0.05, 0) is 20.8 Å². The Bertz CT molecular complexity index is 680. The standard InChI is InChI=1S/C15H21N5O2/c1-9-6-20(7-10(2)17-9)15(21)13-11(3)22-14(18-13)12-5-16-19(4)8-12/h5,8-10,17H,6-7H2,1-4H3/t9-,10-/m0/s1. The van der Waals surface area contributed by atoms with Gasteiger partial charge in [0, 0.05) is 38.4 Å². The molecule has 1 aliphatic rings. The second-order valence-electron chi connectivity index (χ2n) is 6.01. The lowest BCUT2D eigenvalue weighted by atomic mass is 10.1. The highest BCUT2D eigenvalue weighted by molar-refractivity contribution is 5.93. The summed E-state index contributed by atoms with van der Waals surface area (Å²) < 4.78 is 7.33. The molecule has 7 nitrogen and oxygen atoms in total. The quantitative estimate of drug-likeness (QED) is 0.902. The molecule has 0 aliphatic carbocycles. The monoisotopic (exact) mass is 303 g/mol. The van der Waals surface area contributed by atoms with E-state index in [1.807, 2.05) is 18.1 Å². The van der Waals surface area contributed by atoms with Crippen LogP contribution in [-0.4, -0.2) is 50.7 Å². The molecule has 2 atom stereocenters. The van der Waals surface area contributed by atoms with Crippen LogP contribution in [0.15, 0.2) is 16.8 Å². The van der Waals surface area contributed by atoms with Gasteiger partial charge in [-0.15, -0.1) is 0 Å². The molecule has 1 aliphatic heterocycles. The number of aromatic nitrogens is 3. The summed E-state index contributed by atoms with van der Waals surface area (Å²) in [5.41, 5.74) is 1.16. The highest BCUT2D eigenvalue weighted by atomic mass is 16.4. The van der Waals surface area contributed by atoms with Crippen molar-refractivity contribution in [2.24, 2.45) is 7.05 Å². The average molecular weight is 303 g/mol. The molecular formula is C15H21N5O2. The van der Waals surface area contributed by atoms with Gasteiger partial charge in [-0.25, -0.2) is 4.98 Å². The van der Waals surface area contributed by atoms with E-state index in [-0.39, 0.29) is 18.0 Å². The Balaban J connectivity index is 1.85. The highest BCUT2D eigenvalue weighted by Crippen LogP contribution is 2.22. The molecule has 0 saturated carbocycles. The molecule has 2 aromatic heterocycles. The molecule has 0 spiro atoms. The minimum absolute atomic E-state index is 0.0726. The van der Waals surface area contributed by atoms with Gasteiger partial charge >= 0.3 is 0 Å². The molecule has 22 heavy (non-hydrogen) atoms. The van der Waals surface area contributed by atoms with Crippen molar-refractivity contribution in [3.63, 3.8) is 0 Å². The first-order valence-electron chi connectivity index (χ1n) is 7.46. The molecule has 0 radical (unpaired) electrons. The summed E-state index contributed by atoms with van der Waals surface area (Å²) in [5.74, 6) is 0.907. The van der Waals surface area contributed by atoms with Gasteiger partial charge < -0.3 is 14.6 Å². The Labute approximate surface area is 129 Å². The van der Waals surface area contributed by atoms with Gasteiger partial charge in [0.15, 0.2) is 5.69 Å². The minimum atomic E-state index is -0.0726. The van der Waals surface area contributed by atoms with E-state index < -0.39 is 0 Å². The number of hydrogen-bond donors (Lipinski definition) is 1. The fourth-order valence-corrected chi connectivity index (χ4v) is 2.89. The summed E-state index contributed by atoms with van der Waals surface area (Å²) in [6, 6.07) is 0.551. The molecule has 0 aromatic carbocycles. The van der Waals surface area contributed by atoms with Gasteiger partial charge in [0.2, 0.25) is 5.89 Å². The topological polar surface area (TPSA) is 76.2 Å². The van der Waals surface area contributed by atoms with Crippen LogP contribution in [-0.2, 0) is 7.05 Å². The smallest absolute Gasteiger partial charge is 0.276 e. The molecule has 118 valence electrons. The maximum atomic E-state index is 12.7. The predicted molar refractivity (Wildman–Crippen MR) is 81.4 cm³/mol. The van der Waals surface area contributed by atoms with E-state index in [1.54, 1.807) is 17.8 Å². The van der Waals surface area contributed by atoms with Gasteiger partial charge in [0.1, 0.15) is 5.76 Å². The normalized spacial score (nSPS) is 22.1. The Morgan fingerprint density at radius 3 is 2.64 bits per heavy atom. The van der Waals surface area contributed by atoms with Gasteiger partial charge in [-0.2, -0.15) is 5.10 Å². The lowest BCUT2D eigenvalue weighted by molar-refractivity contribution is 0.0667. The summed E-state index contributed by atoms with van der Waals surface area (Å²) in [4.78, 5) is 18.9. The van der Waals surface area contributed by atoms with Crippen LogP contribution >= 0.6 is 0 Å². The van der Waals surface area contributed by atoms with E-state index in [4.69, 9.17) is 4.42 Å². The third kappa shape index (κ3) is 2.76. The fraction of sp³-hybridized carbons (Fsp3) is 0.533. The van der Waals surface area contributed by atoms with Gasteiger partial charge in [-0.1, -0.05) is 0 Å². The number of rotatable bonds is 2. The third-order valence-electron chi connectivity index (χ3n) is 3.80. The maximum absolute atomic E-state index is 12.7. The highest BCUT2D eigenvalue weighted by Gasteiger charge is 2.29. The van der Waals surface area contributed by atoms with Crippen molar-refractivity contribution in [2.45, 2.75) is 32.9 Å². The third-order valence-corrected chi connectivity index (χ3v) is 3.80. The second-order valence-corrected chi connectivity index (χ2v) is 6.01. The zero-order valence-corrected chi connectivity index (χ0v) is 13.3. The van der Waals surface area contributed by atoms with Crippen molar-refractivity contribution in [2.75, 3.05) is 13.1 Å². The zero-order valence-electron chi connectivity index (χ0n) is 13.3. The molecule has 3 heterocycles. The van der Waals surface area contributed by atoms with Crippen molar-refractivity contribution >= 4 is 5.91 Å². The molecule has 1 amide bonds. The predicted octanol–water partition coefficient (Wildman–Crippen LogP) is 1.21. The molecule has 0 unspecified atom stereocenters. The summed E-state index contributed by atoms with van der Waals surface area (Å²) in [6.07, 6.45) is 3.49. The fourth-order valence-electron chi connectivity index (χ4n) is 2.89. The SMILES string of the molecule is Cc1oc(-c2cnn(C)c2)nc1C(=O)N1C[C@H](C)N[C@@H](C)C1. The first-order chi connectivity index (χ1) is 10.4. The van der Waals surface area contributed by atoms with E-state index in [1.165, 1.54) is 0 Å². The van der Waals surface area contributed by atoms with E-state index >= 15 is 0 Å². The number of oxazole rings is 1. The summed E-state index contributed by atoms with van der Waals surface area (Å²) in [5, 5.41) is 7.51. The van der Waals surface area contributed by atoms with Crippen molar-refractivity contribution in [1.82, 2.24) is 25.0 Å². The first-order valence-corrected chi connectivity index (χ1v) is 7.46. The van der Waals surface area contributed by atoms with Crippen LogP contribution in [0.3, 0.4) is 0 Å². The van der Waals surface area contributed by atoms with Crippen molar-refractivity contribution in [3.8, 4) is 11.5 Å². The number of hydrogen-bond acceptors (Lipinski definition) is 5. The molecule has 2 aromatic rings. The van der Waals surface area contributed by atoms with E-state index in [2.05, 4.69) is 29.2 Å². The number of amides is 1. The minimum Gasteiger partial charge on any atom is -0.440 e. The Morgan fingerprint density at radius 1 is 1.36 bits per heavy atom. The molecule has 0 bridgehead atoms. The van der Waals surface area contributed by atoms with Crippen LogP contribution in [0.4, 0.5) is 0 Å². The van der Waals surface area contributed by atoms with Crippen LogP contribution in [0.1, 0.15) is 30.1 Å². The average Bonchev–Trinajstić information content (AvgIpc) is 3.03. The first kappa shape index (κ1) is 14.8. The maximum Gasteiger partial charge on any atom is 0.276 e. The molecule has 1 fully saturated rings. The van der Waals surface area contributed by atoms with Gasteiger partial charge in [-0.3, -0.25) is 9.48 Å². The number of nitrogens with one attached hydrogen (secondary N) is 1. The number of piperazine rings is 1. The van der Waals surface area contributed by atoms with E-state index in [0.29, 0.717) is 30.4 Å². The number of carbonyl (C=O) groups is 1. The zero-order chi connectivity index (χ0) is 15.9. The molecule has 1 saturated heterocycles. The van der Waals surface area contributed by atoms with Gasteiger partial charge in [0.25, 0.3) is 5.91 Å². The molecule has 7 heteroatoms. The van der Waals surface area contributed by atoms with Crippen molar-refractivity contribution in [1.29, 1.82) is 0 Å². The van der Waals surface area contributed by atoms with Crippen LogP contribution in [0.2, 0.25) is 0 Å². The van der Waals surface area contributed by atoms with Crippen molar-refractivity contribution < 1.29 is 9.21 Å². The molecular weight excluding hydrogens is 282 g/mol. The Hall–Kier alpha value is -2.15. The van der Waals surface area contributed by atoms with Gasteiger partial charge in [0.05, 0.1) is 11.8 Å². The summed E-state index contributed by atoms with van der Waals surface area (Å²) in [7, 11) is 1.83. The van der Waals surface area contributed by atoms with Crippen LogP contribution in [0.25, 0.3) is 11.5 Å². The molecule has 3 rings (SSSR count). The van der Waals surface area contributed by atoms with Crippen molar-refractivity contribution in [3.05, 3.63) is 23.8 Å². The van der Waals surface area contributed by atoms with E-state index in [0.717, 1.165) is 5.56 Å². The lowest BCUT2D eigenvalue weighted by Gasteiger charge is -2.35. The summed E-state index contributed by atoms with van der Waals surface area (Å²) >= 11 is 0. The largest absolute Gasteiger partial charge is 0.440 e. The number of nitrogens with zero attached hydrogens (tertiary/aromatic N) is 4. The number of aryl methyl sites for hydroxylation is 2. The second kappa shape index (κ2) is 5.57. The number of carbonyl (C=O) groups excluding carboxylic acids is 1. The lowest BCUT2D eigenvalue weighted by Crippen LogP contribution is -2.56.